The normalized spacial score (nSPS) is 15.5. The molecule has 0 spiro atoms. The second-order valence-electron chi connectivity index (χ2n) is 4.33. The summed E-state index contributed by atoms with van der Waals surface area (Å²) in [5, 5.41) is -0.267. The Morgan fingerprint density at radius 2 is 1.77 bits per heavy atom. The summed E-state index contributed by atoms with van der Waals surface area (Å²) >= 11 is 11.7. The summed E-state index contributed by atoms with van der Waals surface area (Å²) in [5.41, 5.74) is 4.24. The van der Waals surface area contributed by atoms with Crippen molar-refractivity contribution in [1.82, 2.24) is 0 Å². The van der Waals surface area contributed by atoms with E-state index in [-0.39, 0.29) is 11.3 Å². The third-order valence-electron chi connectivity index (χ3n) is 3.15. The first-order valence-corrected chi connectivity index (χ1v) is 5.15. The standard InChI is InChI=1S/C9H17Cl2NO/c1-8(2,6(11)5-10)9(3,4)7(12)13/h6H,5H2,1-4H3,(H2,12,13). The smallest absolute Gasteiger partial charge is 0.223 e. The molecule has 78 valence electrons. The molecular formula is C9H17Cl2NO. The van der Waals surface area contributed by atoms with Gasteiger partial charge in [0.25, 0.3) is 0 Å². The number of halogens is 2. The maximum absolute atomic E-state index is 11.2. The maximum atomic E-state index is 11.2. The molecule has 0 heterocycles. The van der Waals surface area contributed by atoms with E-state index in [9.17, 15) is 4.79 Å². The van der Waals surface area contributed by atoms with Crippen molar-refractivity contribution in [3.8, 4) is 0 Å². The van der Waals surface area contributed by atoms with E-state index >= 15 is 0 Å². The molecule has 4 heteroatoms. The van der Waals surface area contributed by atoms with Gasteiger partial charge in [-0.3, -0.25) is 4.79 Å². The van der Waals surface area contributed by atoms with Crippen LogP contribution in [0.15, 0.2) is 0 Å². The first-order valence-electron chi connectivity index (χ1n) is 4.18. The molecule has 1 atom stereocenters. The van der Waals surface area contributed by atoms with Gasteiger partial charge >= 0.3 is 0 Å². The van der Waals surface area contributed by atoms with Crippen molar-refractivity contribution in [2.45, 2.75) is 33.1 Å². The molecule has 0 radical (unpaired) electrons. The Morgan fingerprint density at radius 3 is 2.00 bits per heavy atom. The van der Waals surface area contributed by atoms with Crippen LogP contribution >= 0.6 is 23.2 Å². The first kappa shape index (κ1) is 13.1. The van der Waals surface area contributed by atoms with Gasteiger partial charge in [0.05, 0.1) is 5.38 Å². The molecule has 0 aliphatic carbocycles. The van der Waals surface area contributed by atoms with Crippen LogP contribution in [0, 0.1) is 10.8 Å². The lowest BCUT2D eigenvalue weighted by molar-refractivity contribution is -0.131. The Bertz CT molecular complexity index is 202. The fourth-order valence-electron chi connectivity index (χ4n) is 0.902. The highest BCUT2D eigenvalue weighted by atomic mass is 35.5. The number of amides is 1. The van der Waals surface area contributed by atoms with E-state index in [4.69, 9.17) is 28.9 Å². The number of rotatable bonds is 4. The Balaban J connectivity index is 4.90. The van der Waals surface area contributed by atoms with Crippen LogP contribution in [0.2, 0.25) is 0 Å². The molecule has 0 saturated carbocycles. The SMILES string of the molecule is CC(C)(C(N)=O)C(C)(C)C(Cl)CCl. The summed E-state index contributed by atoms with van der Waals surface area (Å²) < 4.78 is 0. The monoisotopic (exact) mass is 225 g/mol. The average Bonchev–Trinajstić information content (AvgIpc) is 2.02. The number of hydrogen-bond donors (Lipinski definition) is 1. The number of hydrogen-bond acceptors (Lipinski definition) is 1. The number of alkyl halides is 2. The molecule has 2 N–H and O–H groups in total. The minimum atomic E-state index is -0.658. The molecule has 0 rings (SSSR count). The molecule has 0 aliphatic heterocycles. The zero-order valence-corrected chi connectivity index (χ0v) is 10.0. The summed E-state index contributed by atoms with van der Waals surface area (Å²) in [6.07, 6.45) is 0. The number of carbonyl (C=O) groups excluding carboxylic acids is 1. The van der Waals surface area contributed by atoms with Crippen molar-refractivity contribution in [2.24, 2.45) is 16.6 Å². The van der Waals surface area contributed by atoms with Crippen LogP contribution in [0.4, 0.5) is 0 Å². The van der Waals surface area contributed by atoms with Crippen LogP contribution in [0.25, 0.3) is 0 Å². The van der Waals surface area contributed by atoms with Crippen molar-refractivity contribution in [1.29, 1.82) is 0 Å². The fourth-order valence-corrected chi connectivity index (χ4v) is 1.56. The second-order valence-corrected chi connectivity index (χ2v) is 5.17. The summed E-state index contributed by atoms with van der Waals surface area (Å²) in [4.78, 5) is 11.2. The lowest BCUT2D eigenvalue weighted by atomic mass is 9.65. The molecule has 0 aromatic heterocycles. The van der Waals surface area contributed by atoms with E-state index in [1.54, 1.807) is 13.8 Å². The maximum Gasteiger partial charge on any atom is 0.223 e. The molecule has 0 saturated heterocycles. The topological polar surface area (TPSA) is 43.1 Å². The van der Waals surface area contributed by atoms with Crippen LogP contribution < -0.4 is 5.73 Å². The van der Waals surface area contributed by atoms with Crippen LogP contribution in [-0.2, 0) is 4.79 Å². The first-order chi connectivity index (χ1) is 5.67. The van der Waals surface area contributed by atoms with E-state index < -0.39 is 10.8 Å². The average molecular weight is 226 g/mol. The van der Waals surface area contributed by atoms with E-state index in [0.717, 1.165) is 0 Å². The van der Waals surface area contributed by atoms with Crippen molar-refractivity contribution in [3.05, 3.63) is 0 Å². The lowest BCUT2D eigenvalue weighted by Gasteiger charge is -2.41. The largest absolute Gasteiger partial charge is 0.369 e. The van der Waals surface area contributed by atoms with Crippen molar-refractivity contribution >= 4 is 29.1 Å². The molecular weight excluding hydrogens is 209 g/mol. The molecule has 0 aromatic rings. The highest BCUT2D eigenvalue weighted by molar-refractivity contribution is 6.28. The lowest BCUT2D eigenvalue weighted by Crippen LogP contribution is -2.48. The van der Waals surface area contributed by atoms with Crippen LogP contribution in [-0.4, -0.2) is 17.2 Å². The van der Waals surface area contributed by atoms with E-state index in [1.165, 1.54) is 0 Å². The zero-order valence-electron chi connectivity index (χ0n) is 8.53. The van der Waals surface area contributed by atoms with Crippen molar-refractivity contribution in [3.63, 3.8) is 0 Å². The van der Waals surface area contributed by atoms with Crippen LogP contribution in [0.1, 0.15) is 27.7 Å². The van der Waals surface area contributed by atoms with Gasteiger partial charge in [-0.25, -0.2) is 0 Å². The van der Waals surface area contributed by atoms with Gasteiger partial charge in [-0.1, -0.05) is 27.7 Å². The van der Waals surface area contributed by atoms with Gasteiger partial charge < -0.3 is 5.73 Å². The minimum Gasteiger partial charge on any atom is -0.369 e. The van der Waals surface area contributed by atoms with Gasteiger partial charge in [0.2, 0.25) is 5.91 Å². The van der Waals surface area contributed by atoms with Crippen molar-refractivity contribution < 1.29 is 4.79 Å². The highest BCUT2D eigenvalue weighted by Gasteiger charge is 2.46. The number of nitrogens with two attached hydrogens (primary N) is 1. The zero-order chi connectivity index (χ0) is 10.9. The van der Waals surface area contributed by atoms with Gasteiger partial charge in [-0.2, -0.15) is 0 Å². The van der Waals surface area contributed by atoms with E-state index in [1.807, 2.05) is 13.8 Å². The quantitative estimate of drug-likeness (QED) is 0.734. The van der Waals surface area contributed by atoms with Gasteiger partial charge in [0.15, 0.2) is 0 Å². The Kier molecular flexibility index (Phi) is 4.07. The minimum absolute atomic E-state index is 0.267. The molecule has 1 unspecified atom stereocenters. The third kappa shape index (κ3) is 2.29. The van der Waals surface area contributed by atoms with Crippen LogP contribution in [0.5, 0.6) is 0 Å². The highest BCUT2D eigenvalue weighted by Crippen LogP contribution is 2.43. The Hall–Kier alpha value is 0.0500. The van der Waals surface area contributed by atoms with Crippen molar-refractivity contribution in [2.75, 3.05) is 5.88 Å². The molecule has 0 fully saturated rings. The van der Waals surface area contributed by atoms with Gasteiger partial charge in [-0.05, 0) is 5.41 Å². The molecule has 0 bridgehead atoms. The predicted octanol–water partition coefficient (Wildman–Crippen LogP) is 2.37. The van der Waals surface area contributed by atoms with Gasteiger partial charge in [0, 0.05) is 11.3 Å². The summed E-state index contributed by atoms with van der Waals surface area (Å²) in [7, 11) is 0. The van der Waals surface area contributed by atoms with Gasteiger partial charge in [0.1, 0.15) is 0 Å². The Morgan fingerprint density at radius 1 is 1.38 bits per heavy atom. The summed E-state index contributed by atoms with van der Waals surface area (Å²) in [5.74, 6) is -0.0427. The van der Waals surface area contributed by atoms with E-state index in [0.29, 0.717) is 5.88 Å². The predicted molar refractivity (Wildman–Crippen MR) is 57.1 cm³/mol. The molecule has 13 heavy (non-hydrogen) atoms. The summed E-state index contributed by atoms with van der Waals surface area (Å²) in [6, 6.07) is 0. The fraction of sp³-hybridized carbons (Fsp3) is 0.889. The molecule has 1 amide bonds. The number of primary amides is 1. The van der Waals surface area contributed by atoms with E-state index in [2.05, 4.69) is 0 Å². The van der Waals surface area contributed by atoms with Crippen LogP contribution in [0.3, 0.4) is 0 Å². The summed E-state index contributed by atoms with van der Waals surface area (Å²) in [6.45, 7) is 7.38. The Labute approximate surface area is 89.8 Å². The second kappa shape index (κ2) is 4.05. The van der Waals surface area contributed by atoms with Gasteiger partial charge in [-0.15, -0.1) is 23.2 Å². The third-order valence-corrected chi connectivity index (χ3v) is 4.31. The number of carbonyl (C=O) groups is 1. The molecule has 0 aliphatic rings. The molecule has 0 aromatic carbocycles. The molecule has 2 nitrogen and oxygen atoms in total.